The lowest BCUT2D eigenvalue weighted by molar-refractivity contribution is -0.116. The van der Waals surface area contributed by atoms with Crippen LogP contribution in [-0.4, -0.2) is 40.2 Å². The Morgan fingerprint density at radius 2 is 2.00 bits per heavy atom. The highest BCUT2D eigenvalue weighted by molar-refractivity contribution is 6.33. The average Bonchev–Trinajstić information content (AvgIpc) is 3.40. The van der Waals surface area contributed by atoms with Crippen molar-refractivity contribution in [3.63, 3.8) is 0 Å². The van der Waals surface area contributed by atoms with Crippen molar-refractivity contribution in [1.29, 1.82) is 0 Å². The summed E-state index contributed by atoms with van der Waals surface area (Å²) in [7, 11) is 0. The number of rotatable bonds is 7. The van der Waals surface area contributed by atoms with Gasteiger partial charge in [-0.15, -0.1) is 0 Å². The SMILES string of the molecule is CCn1cc(Cn2cc(Cl)c(NC(=O)Cn3nc(C)c4c(C(F)F)cc(C)nc43)n2)cn1. The molecule has 0 spiro atoms. The number of nitrogens with one attached hydrogen (secondary N) is 1. The van der Waals surface area contributed by atoms with Crippen LogP contribution in [-0.2, 0) is 24.4 Å². The second-order valence-corrected chi connectivity index (χ2v) is 7.78. The predicted molar refractivity (Wildman–Crippen MR) is 115 cm³/mol. The number of aromatic nitrogens is 7. The number of pyridine rings is 1. The zero-order valence-electron chi connectivity index (χ0n) is 17.7. The van der Waals surface area contributed by atoms with Crippen LogP contribution in [0.1, 0.15) is 35.9 Å². The molecule has 0 aliphatic carbocycles. The fourth-order valence-corrected chi connectivity index (χ4v) is 3.72. The van der Waals surface area contributed by atoms with E-state index < -0.39 is 12.3 Å². The highest BCUT2D eigenvalue weighted by Gasteiger charge is 2.21. The minimum atomic E-state index is -2.67. The first kappa shape index (κ1) is 21.9. The first-order valence-electron chi connectivity index (χ1n) is 9.92. The molecule has 4 heterocycles. The molecular formula is C20H21ClF2N8O. The van der Waals surface area contributed by atoms with Gasteiger partial charge in [0.15, 0.2) is 11.5 Å². The van der Waals surface area contributed by atoms with Gasteiger partial charge in [-0.25, -0.2) is 18.4 Å². The Balaban J connectivity index is 1.52. The number of hydrogen-bond donors (Lipinski definition) is 1. The van der Waals surface area contributed by atoms with E-state index >= 15 is 0 Å². The Hall–Kier alpha value is -3.34. The molecule has 9 nitrogen and oxygen atoms in total. The summed E-state index contributed by atoms with van der Waals surface area (Å²) < 4.78 is 31.6. The van der Waals surface area contributed by atoms with Crippen molar-refractivity contribution < 1.29 is 13.6 Å². The van der Waals surface area contributed by atoms with E-state index in [1.807, 2.05) is 13.1 Å². The molecule has 0 saturated carbocycles. The molecule has 12 heteroatoms. The molecule has 0 radical (unpaired) electrons. The Bertz CT molecular complexity index is 1290. The Labute approximate surface area is 187 Å². The minimum Gasteiger partial charge on any atom is -0.306 e. The minimum absolute atomic E-state index is 0.148. The normalized spacial score (nSPS) is 11.6. The van der Waals surface area contributed by atoms with Gasteiger partial charge in [0.2, 0.25) is 5.91 Å². The van der Waals surface area contributed by atoms with Crippen molar-refractivity contribution in [1.82, 2.24) is 34.3 Å². The molecule has 0 unspecified atom stereocenters. The van der Waals surface area contributed by atoms with Gasteiger partial charge in [0.25, 0.3) is 6.43 Å². The molecule has 4 aromatic rings. The third-order valence-electron chi connectivity index (χ3n) is 4.89. The summed E-state index contributed by atoms with van der Waals surface area (Å²) >= 11 is 6.23. The number of hydrogen-bond acceptors (Lipinski definition) is 5. The lowest BCUT2D eigenvalue weighted by Crippen LogP contribution is -2.20. The Kier molecular flexibility index (Phi) is 5.92. The van der Waals surface area contributed by atoms with Crippen LogP contribution in [0.5, 0.6) is 0 Å². The summed E-state index contributed by atoms with van der Waals surface area (Å²) in [5.41, 5.74) is 1.83. The topological polar surface area (TPSA) is 95.5 Å². The quantitative estimate of drug-likeness (QED) is 0.451. The molecule has 32 heavy (non-hydrogen) atoms. The van der Waals surface area contributed by atoms with Crippen molar-refractivity contribution in [2.24, 2.45) is 0 Å². The van der Waals surface area contributed by atoms with E-state index in [-0.39, 0.29) is 34.0 Å². The zero-order chi connectivity index (χ0) is 23.0. The van der Waals surface area contributed by atoms with Crippen LogP contribution in [0.15, 0.2) is 24.7 Å². The predicted octanol–water partition coefficient (Wildman–Crippen LogP) is 3.74. The molecule has 1 N–H and O–H groups in total. The molecule has 0 aliphatic rings. The third kappa shape index (κ3) is 4.33. The first-order chi connectivity index (χ1) is 15.2. The lowest BCUT2D eigenvalue weighted by Gasteiger charge is -2.06. The van der Waals surface area contributed by atoms with Gasteiger partial charge >= 0.3 is 0 Å². The molecule has 0 aromatic carbocycles. The van der Waals surface area contributed by atoms with Gasteiger partial charge < -0.3 is 5.32 Å². The smallest absolute Gasteiger partial charge is 0.264 e. The number of nitrogens with zero attached hydrogens (tertiary/aromatic N) is 7. The van der Waals surface area contributed by atoms with Gasteiger partial charge in [0.05, 0.1) is 23.8 Å². The van der Waals surface area contributed by atoms with Gasteiger partial charge in [-0.05, 0) is 26.8 Å². The standard InChI is InChI=1S/C20H21ClF2N8O/c1-4-29-7-13(6-24-29)8-30-9-15(21)19(28-30)26-16(32)10-31-20-17(12(3)27-31)14(18(22)23)5-11(2)25-20/h5-7,9,18H,4,8,10H2,1-3H3,(H,26,28,32). The molecule has 0 saturated heterocycles. The van der Waals surface area contributed by atoms with E-state index in [9.17, 15) is 13.6 Å². The lowest BCUT2D eigenvalue weighted by atomic mass is 10.1. The van der Waals surface area contributed by atoms with E-state index in [4.69, 9.17) is 11.6 Å². The number of carbonyl (C=O) groups is 1. The third-order valence-corrected chi connectivity index (χ3v) is 5.17. The number of alkyl halides is 2. The Morgan fingerprint density at radius 3 is 2.69 bits per heavy atom. The van der Waals surface area contributed by atoms with Gasteiger partial charge in [-0.3, -0.25) is 14.2 Å². The largest absolute Gasteiger partial charge is 0.306 e. The summed E-state index contributed by atoms with van der Waals surface area (Å²) in [4.78, 5) is 16.9. The number of carbonyl (C=O) groups excluding carboxylic acids is 1. The number of fused-ring (bicyclic) bond motifs is 1. The molecule has 4 rings (SSSR count). The monoisotopic (exact) mass is 462 g/mol. The fourth-order valence-electron chi connectivity index (χ4n) is 3.52. The van der Waals surface area contributed by atoms with E-state index in [1.54, 1.807) is 35.6 Å². The Morgan fingerprint density at radius 1 is 1.22 bits per heavy atom. The van der Waals surface area contributed by atoms with Crippen molar-refractivity contribution >= 4 is 34.4 Å². The molecule has 1 amide bonds. The van der Waals surface area contributed by atoms with E-state index in [0.717, 1.165) is 12.1 Å². The number of aryl methyl sites for hydroxylation is 3. The summed E-state index contributed by atoms with van der Waals surface area (Å²) in [5, 5.41) is 15.9. The van der Waals surface area contributed by atoms with Crippen LogP contribution in [0.3, 0.4) is 0 Å². The van der Waals surface area contributed by atoms with Gasteiger partial charge in [-0.1, -0.05) is 11.6 Å². The van der Waals surface area contributed by atoms with E-state index in [0.29, 0.717) is 17.9 Å². The van der Waals surface area contributed by atoms with Crippen molar-refractivity contribution in [2.75, 3.05) is 5.32 Å². The molecule has 0 fully saturated rings. The van der Waals surface area contributed by atoms with Gasteiger partial charge in [0.1, 0.15) is 11.6 Å². The van der Waals surface area contributed by atoms with Gasteiger partial charge in [0, 0.05) is 35.8 Å². The zero-order valence-corrected chi connectivity index (χ0v) is 18.4. The number of halogens is 3. The highest BCUT2D eigenvalue weighted by atomic mass is 35.5. The summed E-state index contributed by atoms with van der Waals surface area (Å²) in [6, 6.07) is 1.34. The molecule has 168 valence electrons. The molecular weight excluding hydrogens is 442 g/mol. The van der Waals surface area contributed by atoms with Crippen molar-refractivity contribution in [3.8, 4) is 0 Å². The van der Waals surface area contributed by atoms with Crippen molar-refractivity contribution in [3.05, 3.63) is 52.2 Å². The number of amides is 1. The maximum absolute atomic E-state index is 13.5. The van der Waals surface area contributed by atoms with Gasteiger partial charge in [-0.2, -0.15) is 15.3 Å². The molecule has 0 bridgehead atoms. The van der Waals surface area contributed by atoms with E-state index in [1.165, 1.54) is 10.7 Å². The van der Waals surface area contributed by atoms with Crippen LogP contribution >= 0.6 is 11.6 Å². The summed E-state index contributed by atoms with van der Waals surface area (Å²) in [5.74, 6) is -0.257. The average molecular weight is 463 g/mol. The van der Waals surface area contributed by atoms with Crippen LogP contribution in [0.4, 0.5) is 14.6 Å². The second-order valence-electron chi connectivity index (χ2n) is 7.37. The van der Waals surface area contributed by atoms with Crippen molar-refractivity contribution in [2.45, 2.75) is 46.8 Å². The van der Waals surface area contributed by atoms with Crippen LogP contribution in [0.2, 0.25) is 5.02 Å². The summed E-state index contributed by atoms with van der Waals surface area (Å²) in [6.07, 6.45) is 2.58. The van der Waals surface area contributed by atoms with Crippen LogP contribution < -0.4 is 5.32 Å². The highest BCUT2D eigenvalue weighted by Crippen LogP contribution is 2.30. The maximum Gasteiger partial charge on any atom is 0.264 e. The van der Waals surface area contributed by atoms with Crippen LogP contribution in [0.25, 0.3) is 11.0 Å². The number of anilines is 1. The fraction of sp³-hybridized carbons (Fsp3) is 0.350. The molecule has 4 aromatic heterocycles. The van der Waals surface area contributed by atoms with Crippen LogP contribution in [0, 0.1) is 13.8 Å². The molecule has 0 atom stereocenters. The second kappa shape index (κ2) is 8.65. The maximum atomic E-state index is 13.5. The summed E-state index contributed by atoms with van der Waals surface area (Å²) in [6.45, 7) is 6.20. The van der Waals surface area contributed by atoms with E-state index in [2.05, 4.69) is 25.6 Å². The first-order valence-corrected chi connectivity index (χ1v) is 10.3. The molecule has 0 aliphatic heterocycles.